The van der Waals surface area contributed by atoms with Gasteiger partial charge in [-0.1, -0.05) is 17.7 Å². The first-order chi connectivity index (χ1) is 5.72. The minimum Gasteiger partial charge on any atom is -0.396 e. The van der Waals surface area contributed by atoms with Crippen molar-refractivity contribution in [3.8, 4) is 0 Å². The number of rotatable bonds is 3. The van der Waals surface area contributed by atoms with Crippen LogP contribution in [0.15, 0.2) is 18.2 Å². The van der Waals surface area contributed by atoms with Gasteiger partial charge in [-0.05, 0) is 43.0 Å². The molecule has 66 valence electrons. The zero-order valence-corrected chi connectivity index (χ0v) is 7.93. The molecule has 0 unspecified atom stereocenters. The fourth-order valence-corrected chi connectivity index (χ4v) is 1.55. The predicted molar refractivity (Wildman–Crippen MR) is 51.6 cm³/mol. The fourth-order valence-electron chi connectivity index (χ4n) is 1.24. The molecule has 1 nitrogen and oxygen atoms in total. The molecule has 1 N–H and O–H groups in total. The van der Waals surface area contributed by atoms with Crippen LogP contribution in [0.4, 0.5) is 0 Å². The number of hydrogen-bond donors (Lipinski definition) is 1. The molecule has 0 spiro atoms. The zero-order chi connectivity index (χ0) is 8.97. The summed E-state index contributed by atoms with van der Waals surface area (Å²) < 4.78 is 0. The van der Waals surface area contributed by atoms with Crippen molar-refractivity contribution < 1.29 is 5.11 Å². The molecular weight excluding hydrogens is 172 g/mol. The zero-order valence-electron chi connectivity index (χ0n) is 7.18. The van der Waals surface area contributed by atoms with Crippen molar-refractivity contribution >= 4 is 11.6 Å². The lowest BCUT2D eigenvalue weighted by molar-refractivity contribution is 0.288. The molecule has 0 bridgehead atoms. The molecule has 0 aliphatic heterocycles. The molecule has 1 aromatic carbocycles. The lowest BCUT2D eigenvalue weighted by Gasteiger charge is -2.02. The summed E-state index contributed by atoms with van der Waals surface area (Å²) in [6.07, 6.45) is 1.71. The van der Waals surface area contributed by atoms with Gasteiger partial charge in [0.25, 0.3) is 0 Å². The van der Waals surface area contributed by atoms with Crippen LogP contribution in [0.1, 0.15) is 17.5 Å². The highest BCUT2D eigenvalue weighted by molar-refractivity contribution is 6.30. The summed E-state index contributed by atoms with van der Waals surface area (Å²) in [7, 11) is 0. The number of aryl methyl sites for hydroxylation is 2. The van der Waals surface area contributed by atoms with Gasteiger partial charge in [-0.2, -0.15) is 0 Å². The molecule has 0 radical (unpaired) electrons. The van der Waals surface area contributed by atoms with Crippen molar-refractivity contribution in [1.82, 2.24) is 0 Å². The first kappa shape index (κ1) is 9.56. The van der Waals surface area contributed by atoms with E-state index in [1.54, 1.807) is 0 Å². The van der Waals surface area contributed by atoms with Gasteiger partial charge in [0.15, 0.2) is 0 Å². The molecule has 0 heterocycles. The van der Waals surface area contributed by atoms with Gasteiger partial charge in [-0.3, -0.25) is 0 Å². The molecule has 0 aliphatic rings. The highest BCUT2D eigenvalue weighted by Gasteiger charge is 1.96. The summed E-state index contributed by atoms with van der Waals surface area (Å²) in [4.78, 5) is 0. The third-order valence-corrected chi connectivity index (χ3v) is 1.94. The number of aliphatic hydroxyl groups is 1. The van der Waals surface area contributed by atoms with Gasteiger partial charge in [0.1, 0.15) is 0 Å². The van der Waals surface area contributed by atoms with Gasteiger partial charge in [0.2, 0.25) is 0 Å². The highest BCUT2D eigenvalue weighted by atomic mass is 35.5. The third-order valence-electron chi connectivity index (χ3n) is 1.73. The first-order valence-electron chi connectivity index (χ1n) is 4.09. The number of benzene rings is 1. The summed E-state index contributed by atoms with van der Waals surface area (Å²) in [5.74, 6) is 0. The van der Waals surface area contributed by atoms with Gasteiger partial charge in [0.05, 0.1) is 0 Å². The van der Waals surface area contributed by atoms with Gasteiger partial charge in [-0.15, -0.1) is 0 Å². The van der Waals surface area contributed by atoms with E-state index < -0.39 is 0 Å². The maximum absolute atomic E-state index is 8.63. The van der Waals surface area contributed by atoms with Crippen molar-refractivity contribution in [1.29, 1.82) is 0 Å². The van der Waals surface area contributed by atoms with Crippen molar-refractivity contribution in [3.05, 3.63) is 34.3 Å². The van der Waals surface area contributed by atoms with Crippen molar-refractivity contribution in [2.75, 3.05) is 6.61 Å². The summed E-state index contributed by atoms with van der Waals surface area (Å²) in [5, 5.41) is 9.41. The van der Waals surface area contributed by atoms with Crippen LogP contribution in [0.25, 0.3) is 0 Å². The van der Waals surface area contributed by atoms with Crippen LogP contribution < -0.4 is 0 Å². The molecule has 12 heavy (non-hydrogen) atoms. The number of aliphatic hydroxyl groups excluding tert-OH is 1. The minimum absolute atomic E-state index is 0.242. The monoisotopic (exact) mass is 184 g/mol. The number of hydrogen-bond acceptors (Lipinski definition) is 1. The van der Waals surface area contributed by atoms with E-state index in [2.05, 4.69) is 6.07 Å². The van der Waals surface area contributed by atoms with Crippen LogP contribution in [-0.2, 0) is 6.42 Å². The smallest absolute Gasteiger partial charge is 0.0434 e. The average molecular weight is 185 g/mol. The van der Waals surface area contributed by atoms with E-state index >= 15 is 0 Å². The van der Waals surface area contributed by atoms with Crippen LogP contribution in [0.3, 0.4) is 0 Å². The largest absolute Gasteiger partial charge is 0.396 e. The fraction of sp³-hybridized carbons (Fsp3) is 0.400. The van der Waals surface area contributed by atoms with E-state index in [1.807, 2.05) is 19.1 Å². The SMILES string of the molecule is Cc1cc(Cl)cc(CCCO)c1. The molecule has 0 saturated heterocycles. The average Bonchev–Trinajstić information content (AvgIpc) is 1.99. The van der Waals surface area contributed by atoms with Crippen LogP contribution >= 0.6 is 11.6 Å². The Labute approximate surface area is 78.0 Å². The molecule has 1 rings (SSSR count). The Bertz CT molecular complexity index is 238. The minimum atomic E-state index is 0.242. The normalized spacial score (nSPS) is 10.2. The van der Waals surface area contributed by atoms with Gasteiger partial charge in [0, 0.05) is 11.6 Å². The second-order valence-electron chi connectivity index (χ2n) is 2.96. The second kappa shape index (κ2) is 4.48. The second-order valence-corrected chi connectivity index (χ2v) is 3.40. The van der Waals surface area contributed by atoms with Crippen LogP contribution in [0, 0.1) is 6.92 Å². The highest BCUT2D eigenvalue weighted by Crippen LogP contribution is 2.15. The third kappa shape index (κ3) is 2.84. The maximum atomic E-state index is 8.63. The molecule has 0 amide bonds. The molecule has 0 atom stereocenters. The van der Waals surface area contributed by atoms with Crippen LogP contribution in [0.2, 0.25) is 5.02 Å². The molecule has 1 aromatic rings. The van der Waals surface area contributed by atoms with Crippen molar-refractivity contribution in [2.45, 2.75) is 19.8 Å². The summed E-state index contributed by atoms with van der Waals surface area (Å²) in [6.45, 7) is 2.26. The Morgan fingerprint density at radius 2 is 2.08 bits per heavy atom. The summed E-state index contributed by atoms with van der Waals surface area (Å²) in [6, 6.07) is 5.98. The molecule has 0 fully saturated rings. The van der Waals surface area contributed by atoms with Gasteiger partial charge in [-0.25, -0.2) is 0 Å². The van der Waals surface area contributed by atoms with Crippen LogP contribution in [-0.4, -0.2) is 11.7 Å². The topological polar surface area (TPSA) is 20.2 Å². The van der Waals surface area contributed by atoms with E-state index in [0.29, 0.717) is 0 Å². The van der Waals surface area contributed by atoms with E-state index in [4.69, 9.17) is 16.7 Å². The summed E-state index contributed by atoms with van der Waals surface area (Å²) >= 11 is 5.87. The molecule has 2 heteroatoms. The van der Waals surface area contributed by atoms with Crippen molar-refractivity contribution in [3.63, 3.8) is 0 Å². The Kier molecular flexibility index (Phi) is 3.57. The van der Waals surface area contributed by atoms with Crippen molar-refractivity contribution in [2.24, 2.45) is 0 Å². The standard InChI is InChI=1S/C10H13ClO/c1-8-5-9(3-2-4-12)7-10(11)6-8/h5-7,12H,2-4H2,1H3. The van der Waals surface area contributed by atoms with Gasteiger partial charge >= 0.3 is 0 Å². The van der Waals surface area contributed by atoms with Gasteiger partial charge < -0.3 is 5.11 Å². The summed E-state index contributed by atoms with van der Waals surface area (Å²) in [5.41, 5.74) is 2.38. The van der Waals surface area contributed by atoms with Crippen LogP contribution in [0.5, 0.6) is 0 Å². The lowest BCUT2D eigenvalue weighted by Crippen LogP contribution is -1.90. The van der Waals surface area contributed by atoms with E-state index in [0.717, 1.165) is 17.9 Å². The Morgan fingerprint density at radius 1 is 1.33 bits per heavy atom. The van der Waals surface area contributed by atoms with E-state index in [9.17, 15) is 0 Å². The quantitative estimate of drug-likeness (QED) is 0.766. The molecule has 0 aliphatic carbocycles. The molecule has 0 aromatic heterocycles. The predicted octanol–water partition coefficient (Wildman–Crippen LogP) is 2.57. The lowest BCUT2D eigenvalue weighted by atomic mass is 10.1. The Balaban J connectivity index is 2.72. The molecule has 0 saturated carbocycles. The first-order valence-corrected chi connectivity index (χ1v) is 4.47. The maximum Gasteiger partial charge on any atom is 0.0434 e. The molecular formula is C10H13ClO. The number of halogens is 1. The Hall–Kier alpha value is -0.530. The van der Waals surface area contributed by atoms with E-state index in [1.165, 1.54) is 11.1 Å². The van der Waals surface area contributed by atoms with E-state index in [-0.39, 0.29) is 6.61 Å². The Morgan fingerprint density at radius 3 is 2.67 bits per heavy atom.